The highest BCUT2D eigenvalue weighted by molar-refractivity contribution is 5.89. The predicted molar refractivity (Wildman–Crippen MR) is 59.3 cm³/mol. The molecule has 0 N–H and O–H groups in total. The molecule has 0 amide bonds. The molecule has 0 aliphatic heterocycles. The largest absolute Gasteiger partial charge is 0.465 e. The minimum atomic E-state index is -0.410. The Kier molecular flexibility index (Phi) is 4.46. The van der Waals surface area contributed by atoms with Gasteiger partial charge in [0, 0.05) is 19.8 Å². The standard InChI is InChI=1S/C12H16O4/c1-8-7-9(11(13)14-2)5-6-10(8)12(15-3)16-4/h5-7,12H,1-4H3. The lowest BCUT2D eigenvalue weighted by molar-refractivity contribution is -0.106. The van der Waals surface area contributed by atoms with Crippen LogP contribution in [0.4, 0.5) is 0 Å². The molecular formula is C12H16O4. The average molecular weight is 224 g/mol. The third-order valence-electron chi connectivity index (χ3n) is 2.37. The highest BCUT2D eigenvalue weighted by atomic mass is 16.7. The van der Waals surface area contributed by atoms with E-state index in [2.05, 4.69) is 4.74 Å². The van der Waals surface area contributed by atoms with Gasteiger partial charge in [-0.05, 0) is 24.6 Å². The molecule has 16 heavy (non-hydrogen) atoms. The second-order valence-corrected chi connectivity index (χ2v) is 3.37. The van der Waals surface area contributed by atoms with Gasteiger partial charge in [-0.1, -0.05) is 6.07 Å². The molecule has 0 aliphatic carbocycles. The SMILES string of the molecule is COC(=O)c1ccc(C(OC)OC)c(C)c1. The molecule has 88 valence electrons. The van der Waals surface area contributed by atoms with E-state index in [4.69, 9.17) is 9.47 Å². The van der Waals surface area contributed by atoms with Gasteiger partial charge in [-0.3, -0.25) is 0 Å². The van der Waals surface area contributed by atoms with E-state index in [-0.39, 0.29) is 5.97 Å². The first-order valence-corrected chi connectivity index (χ1v) is 4.88. The molecule has 0 bridgehead atoms. The Morgan fingerprint density at radius 1 is 1.19 bits per heavy atom. The van der Waals surface area contributed by atoms with Gasteiger partial charge < -0.3 is 14.2 Å². The van der Waals surface area contributed by atoms with Crippen molar-refractivity contribution in [2.75, 3.05) is 21.3 Å². The van der Waals surface area contributed by atoms with Crippen molar-refractivity contribution in [3.8, 4) is 0 Å². The molecule has 0 saturated heterocycles. The topological polar surface area (TPSA) is 44.8 Å². The van der Waals surface area contributed by atoms with Gasteiger partial charge in [-0.15, -0.1) is 0 Å². The van der Waals surface area contributed by atoms with Gasteiger partial charge in [0.15, 0.2) is 6.29 Å². The first-order valence-electron chi connectivity index (χ1n) is 4.88. The van der Waals surface area contributed by atoms with Crippen LogP contribution in [0.25, 0.3) is 0 Å². The van der Waals surface area contributed by atoms with Crippen molar-refractivity contribution < 1.29 is 19.0 Å². The zero-order valence-corrected chi connectivity index (χ0v) is 9.94. The van der Waals surface area contributed by atoms with Gasteiger partial charge in [0.25, 0.3) is 0 Å². The van der Waals surface area contributed by atoms with Crippen molar-refractivity contribution in [2.45, 2.75) is 13.2 Å². The normalized spacial score (nSPS) is 10.6. The van der Waals surface area contributed by atoms with Crippen LogP contribution in [-0.2, 0) is 14.2 Å². The van der Waals surface area contributed by atoms with Crippen LogP contribution in [0.2, 0.25) is 0 Å². The summed E-state index contributed by atoms with van der Waals surface area (Å²) in [6.07, 6.45) is -0.410. The fourth-order valence-corrected chi connectivity index (χ4v) is 1.54. The van der Waals surface area contributed by atoms with Crippen LogP contribution < -0.4 is 0 Å². The van der Waals surface area contributed by atoms with E-state index in [1.165, 1.54) is 7.11 Å². The number of carbonyl (C=O) groups is 1. The minimum absolute atomic E-state index is 0.346. The first-order chi connectivity index (χ1) is 7.63. The van der Waals surface area contributed by atoms with Gasteiger partial charge in [0.1, 0.15) is 0 Å². The van der Waals surface area contributed by atoms with Crippen LogP contribution in [0, 0.1) is 6.92 Å². The maximum atomic E-state index is 11.3. The molecule has 4 heteroatoms. The Labute approximate surface area is 95.1 Å². The molecule has 0 aliphatic rings. The number of benzene rings is 1. The van der Waals surface area contributed by atoms with Crippen LogP contribution in [0.5, 0.6) is 0 Å². The number of hydrogen-bond acceptors (Lipinski definition) is 4. The summed E-state index contributed by atoms with van der Waals surface area (Å²) < 4.78 is 15.0. The Balaban J connectivity index is 3.04. The zero-order valence-electron chi connectivity index (χ0n) is 9.94. The minimum Gasteiger partial charge on any atom is -0.465 e. The number of ether oxygens (including phenoxy) is 3. The van der Waals surface area contributed by atoms with E-state index in [0.717, 1.165) is 11.1 Å². The number of hydrogen-bond donors (Lipinski definition) is 0. The summed E-state index contributed by atoms with van der Waals surface area (Å²) in [5.41, 5.74) is 2.35. The molecule has 4 nitrogen and oxygen atoms in total. The zero-order chi connectivity index (χ0) is 12.1. The maximum absolute atomic E-state index is 11.3. The van der Waals surface area contributed by atoms with Crippen molar-refractivity contribution in [1.29, 1.82) is 0 Å². The molecule has 0 fully saturated rings. The van der Waals surface area contributed by atoms with Gasteiger partial charge >= 0.3 is 5.97 Å². The van der Waals surface area contributed by atoms with Crippen molar-refractivity contribution in [2.24, 2.45) is 0 Å². The van der Waals surface area contributed by atoms with E-state index in [1.54, 1.807) is 32.4 Å². The van der Waals surface area contributed by atoms with E-state index in [9.17, 15) is 4.79 Å². The molecule has 0 saturated carbocycles. The first kappa shape index (κ1) is 12.7. The molecule has 0 spiro atoms. The van der Waals surface area contributed by atoms with Crippen LogP contribution in [0.1, 0.15) is 27.8 Å². The highest BCUT2D eigenvalue weighted by Crippen LogP contribution is 2.22. The lowest BCUT2D eigenvalue weighted by Crippen LogP contribution is -2.08. The molecule has 0 heterocycles. The quantitative estimate of drug-likeness (QED) is 0.580. The summed E-state index contributed by atoms with van der Waals surface area (Å²) in [6, 6.07) is 5.25. The number of esters is 1. The monoisotopic (exact) mass is 224 g/mol. The van der Waals surface area contributed by atoms with Gasteiger partial charge in [0.05, 0.1) is 12.7 Å². The van der Waals surface area contributed by atoms with Crippen LogP contribution in [0.15, 0.2) is 18.2 Å². The smallest absolute Gasteiger partial charge is 0.337 e. The van der Waals surface area contributed by atoms with Crippen molar-refractivity contribution in [3.05, 3.63) is 34.9 Å². The molecule has 1 rings (SSSR count). The fourth-order valence-electron chi connectivity index (χ4n) is 1.54. The van der Waals surface area contributed by atoms with Gasteiger partial charge in [0.2, 0.25) is 0 Å². The summed E-state index contributed by atoms with van der Waals surface area (Å²) in [7, 11) is 4.50. The molecule has 1 aromatic carbocycles. The van der Waals surface area contributed by atoms with E-state index in [1.807, 2.05) is 6.92 Å². The van der Waals surface area contributed by atoms with E-state index < -0.39 is 6.29 Å². The van der Waals surface area contributed by atoms with Crippen molar-refractivity contribution >= 4 is 5.97 Å². The number of aryl methyl sites for hydroxylation is 1. The highest BCUT2D eigenvalue weighted by Gasteiger charge is 2.14. The van der Waals surface area contributed by atoms with Gasteiger partial charge in [-0.2, -0.15) is 0 Å². The maximum Gasteiger partial charge on any atom is 0.337 e. The summed E-state index contributed by atoms with van der Waals surface area (Å²) >= 11 is 0. The third-order valence-corrected chi connectivity index (χ3v) is 2.37. The van der Waals surface area contributed by atoms with Gasteiger partial charge in [-0.25, -0.2) is 4.79 Å². The Morgan fingerprint density at radius 2 is 1.81 bits per heavy atom. The van der Waals surface area contributed by atoms with E-state index >= 15 is 0 Å². The molecule has 0 atom stereocenters. The number of methoxy groups -OCH3 is 3. The molecular weight excluding hydrogens is 208 g/mol. The summed E-state index contributed by atoms with van der Waals surface area (Å²) in [4.78, 5) is 11.3. The molecule has 0 unspecified atom stereocenters. The second kappa shape index (κ2) is 5.63. The van der Waals surface area contributed by atoms with Crippen molar-refractivity contribution in [3.63, 3.8) is 0 Å². The lowest BCUT2D eigenvalue weighted by atomic mass is 10.0. The fraction of sp³-hybridized carbons (Fsp3) is 0.417. The molecule has 1 aromatic rings. The third kappa shape index (κ3) is 2.59. The number of carbonyl (C=O) groups excluding carboxylic acids is 1. The second-order valence-electron chi connectivity index (χ2n) is 3.37. The predicted octanol–water partition coefficient (Wildman–Crippen LogP) is 2.07. The van der Waals surface area contributed by atoms with E-state index in [0.29, 0.717) is 5.56 Å². The summed E-state index contributed by atoms with van der Waals surface area (Å²) in [5, 5.41) is 0. The lowest BCUT2D eigenvalue weighted by Gasteiger charge is -2.16. The Bertz CT molecular complexity index is 369. The summed E-state index contributed by atoms with van der Waals surface area (Å²) in [5.74, 6) is -0.346. The van der Waals surface area contributed by atoms with Crippen LogP contribution in [-0.4, -0.2) is 27.3 Å². The average Bonchev–Trinajstić information content (AvgIpc) is 2.31. The molecule has 0 radical (unpaired) electrons. The Hall–Kier alpha value is -1.39. The van der Waals surface area contributed by atoms with Crippen molar-refractivity contribution in [1.82, 2.24) is 0 Å². The van der Waals surface area contributed by atoms with Crippen LogP contribution >= 0.6 is 0 Å². The summed E-state index contributed by atoms with van der Waals surface area (Å²) in [6.45, 7) is 1.90. The van der Waals surface area contributed by atoms with Crippen LogP contribution in [0.3, 0.4) is 0 Å². The number of rotatable bonds is 4. The molecule has 0 aromatic heterocycles. The Morgan fingerprint density at radius 3 is 2.25 bits per heavy atom.